The van der Waals surface area contributed by atoms with Crippen LogP contribution in [0.15, 0.2) is 0 Å². The lowest BCUT2D eigenvalue weighted by Gasteiger charge is -2.46. The molecule has 1 heterocycles. The second-order valence-corrected chi connectivity index (χ2v) is 7.84. The van der Waals surface area contributed by atoms with Crippen molar-refractivity contribution in [2.45, 2.75) is 83.1 Å². The van der Waals surface area contributed by atoms with Gasteiger partial charge in [0, 0.05) is 6.42 Å². The molecule has 1 N–H and O–H groups in total. The highest BCUT2D eigenvalue weighted by atomic mass is 19.1. The normalized spacial score (nSPS) is 46.0. The summed E-state index contributed by atoms with van der Waals surface area (Å²) >= 11 is 0. The van der Waals surface area contributed by atoms with Gasteiger partial charge in [0.05, 0.1) is 12.5 Å². The third-order valence-corrected chi connectivity index (χ3v) is 6.31. The van der Waals surface area contributed by atoms with Crippen LogP contribution in [0.1, 0.15) is 64.7 Å². The summed E-state index contributed by atoms with van der Waals surface area (Å²) in [6.07, 6.45) is 6.23. The van der Waals surface area contributed by atoms with E-state index >= 15 is 0 Å². The number of cyclic esters (lactones) is 1. The number of carbonyl (C=O) groups is 1. The summed E-state index contributed by atoms with van der Waals surface area (Å²) in [5.74, 6) is 2.26. The van der Waals surface area contributed by atoms with E-state index in [0.29, 0.717) is 30.1 Å². The Hall–Kier alpha value is -0.640. The van der Waals surface area contributed by atoms with Crippen molar-refractivity contribution in [1.29, 1.82) is 0 Å². The maximum atomic E-state index is 13.7. The molecule has 7 unspecified atom stereocenters. The number of aliphatic hydroxyl groups is 1. The van der Waals surface area contributed by atoms with Crippen molar-refractivity contribution >= 4 is 5.97 Å². The summed E-state index contributed by atoms with van der Waals surface area (Å²) in [7, 11) is 0. The van der Waals surface area contributed by atoms with Gasteiger partial charge < -0.3 is 9.84 Å². The third kappa shape index (κ3) is 3.64. The highest BCUT2D eigenvalue weighted by Crippen LogP contribution is 2.48. The second kappa shape index (κ2) is 6.86. The van der Waals surface area contributed by atoms with Gasteiger partial charge in [0.1, 0.15) is 12.3 Å². The molecule has 0 aromatic heterocycles. The second-order valence-electron chi connectivity index (χ2n) is 7.84. The Bertz CT molecular complexity index is 400. The minimum atomic E-state index is -0.593. The van der Waals surface area contributed by atoms with E-state index in [1.807, 2.05) is 0 Å². The molecule has 3 rings (SSSR count). The molecule has 0 radical (unpaired) electrons. The molecule has 7 atom stereocenters. The summed E-state index contributed by atoms with van der Waals surface area (Å²) in [5.41, 5.74) is 0. The number of esters is 1. The Morgan fingerprint density at radius 3 is 2.77 bits per heavy atom. The number of hydrogen-bond acceptors (Lipinski definition) is 3. The first-order valence-electron chi connectivity index (χ1n) is 9.04. The van der Waals surface area contributed by atoms with Crippen molar-refractivity contribution in [2.24, 2.45) is 23.7 Å². The summed E-state index contributed by atoms with van der Waals surface area (Å²) in [4.78, 5) is 11.4. The lowest BCUT2D eigenvalue weighted by atomic mass is 9.60. The molecule has 126 valence electrons. The quantitative estimate of drug-likeness (QED) is 0.809. The van der Waals surface area contributed by atoms with E-state index < -0.39 is 12.3 Å². The lowest BCUT2D eigenvalue weighted by Crippen LogP contribution is -2.39. The van der Waals surface area contributed by atoms with E-state index in [9.17, 15) is 14.3 Å². The van der Waals surface area contributed by atoms with Crippen LogP contribution in [0.3, 0.4) is 0 Å². The Balaban J connectivity index is 1.56. The Morgan fingerprint density at radius 1 is 1.18 bits per heavy atom. The van der Waals surface area contributed by atoms with Gasteiger partial charge in [0.15, 0.2) is 0 Å². The van der Waals surface area contributed by atoms with E-state index in [-0.39, 0.29) is 18.5 Å². The minimum absolute atomic E-state index is 0.124. The SMILES string of the molecule is CC1CCC2CC(F)CCC2C1CCC1CC(O)CC(=O)O1. The Kier molecular flexibility index (Phi) is 5.06. The van der Waals surface area contributed by atoms with Crippen molar-refractivity contribution in [3.63, 3.8) is 0 Å². The zero-order valence-electron chi connectivity index (χ0n) is 13.5. The average molecular weight is 312 g/mol. The first-order chi connectivity index (χ1) is 10.5. The highest BCUT2D eigenvalue weighted by molar-refractivity contribution is 5.70. The van der Waals surface area contributed by atoms with Gasteiger partial charge in [-0.3, -0.25) is 4.79 Å². The molecule has 2 aliphatic carbocycles. The molecule has 3 aliphatic rings. The first-order valence-corrected chi connectivity index (χ1v) is 9.04. The maximum Gasteiger partial charge on any atom is 0.308 e. The Morgan fingerprint density at radius 2 is 2.00 bits per heavy atom. The molecule has 22 heavy (non-hydrogen) atoms. The largest absolute Gasteiger partial charge is 0.462 e. The van der Waals surface area contributed by atoms with Gasteiger partial charge in [0.2, 0.25) is 0 Å². The van der Waals surface area contributed by atoms with Crippen molar-refractivity contribution < 1.29 is 19.0 Å². The molecule has 0 spiro atoms. The van der Waals surface area contributed by atoms with Gasteiger partial charge in [-0.1, -0.05) is 13.3 Å². The van der Waals surface area contributed by atoms with Gasteiger partial charge in [-0.25, -0.2) is 4.39 Å². The van der Waals surface area contributed by atoms with Crippen LogP contribution in [-0.2, 0) is 9.53 Å². The van der Waals surface area contributed by atoms with Crippen LogP contribution >= 0.6 is 0 Å². The molecule has 0 bridgehead atoms. The number of alkyl halides is 1. The van der Waals surface area contributed by atoms with E-state index in [0.717, 1.165) is 32.1 Å². The van der Waals surface area contributed by atoms with Crippen LogP contribution < -0.4 is 0 Å². The van der Waals surface area contributed by atoms with Crippen molar-refractivity contribution in [2.75, 3.05) is 0 Å². The zero-order valence-corrected chi connectivity index (χ0v) is 13.5. The van der Waals surface area contributed by atoms with Crippen molar-refractivity contribution in [3.05, 3.63) is 0 Å². The average Bonchev–Trinajstić information content (AvgIpc) is 2.45. The van der Waals surface area contributed by atoms with Crippen LogP contribution in [0.2, 0.25) is 0 Å². The summed E-state index contributed by atoms with van der Waals surface area (Å²) in [6.45, 7) is 2.32. The van der Waals surface area contributed by atoms with Gasteiger partial charge in [-0.2, -0.15) is 0 Å². The van der Waals surface area contributed by atoms with Gasteiger partial charge in [-0.05, 0) is 62.2 Å². The van der Waals surface area contributed by atoms with E-state index in [2.05, 4.69) is 6.92 Å². The molecule has 4 heteroatoms. The number of halogens is 1. The summed E-state index contributed by atoms with van der Waals surface area (Å²) < 4.78 is 19.0. The van der Waals surface area contributed by atoms with Crippen LogP contribution in [0, 0.1) is 23.7 Å². The molecule has 2 saturated carbocycles. The van der Waals surface area contributed by atoms with Crippen LogP contribution in [0.5, 0.6) is 0 Å². The number of carbonyl (C=O) groups excluding carboxylic acids is 1. The monoisotopic (exact) mass is 312 g/mol. The predicted molar refractivity (Wildman–Crippen MR) is 82.0 cm³/mol. The molecule has 1 aliphatic heterocycles. The molecule has 1 saturated heterocycles. The number of hydrogen-bond donors (Lipinski definition) is 1. The number of aliphatic hydroxyl groups excluding tert-OH is 1. The number of fused-ring (bicyclic) bond motifs is 1. The zero-order chi connectivity index (χ0) is 15.7. The summed E-state index contributed by atoms with van der Waals surface area (Å²) in [6, 6.07) is 0. The highest BCUT2D eigenvalue weighted by Gasteiger charge is 2.41. The fourth-order valence-electron chi connectivity index (χ4n) is 5.15. The van der Waals surface area contributed by atoms with E-state index in [4.69, 9.17) is 4.74 Å². The minimum Gasteiger partial charge on any atom is -0.462 e. The van der Waals surface area contributed by atoms with E-state index in [1.165, 1.54) is 12.8 Å². The molecular weight excluding hydrogens is 283 g/mol. The lowest BCUT2D eigenvalue weighted by molar-refractivity contribution is -0.160. The Labute approximate surface area is 132 Å². The molecule has 3 nitrogen and oxygen atoms in total. The fourth-order valence-corrected chi connectivity index (χ4v) is 5.15. The number of ether oxygens (including phenoxy) is 1. The molecule has 0 aromatic carbocycles. The van der Waals surface area contributed by atoms with E-state index in [1.54, 1.807) is 0 Å². The van der Waals surface area contributed by atoms with Crippen molar-refractivity contribution in [1.82, 2.24) is 0 Å². The smallest absolute Gasteiger partial charge is 0.308 e. The first kappa shape index (κ1) is 16.2. The molecule has 3 fully saturated rings. The molecule has 0 amide bonds. The number of rotatable bonds is 3. The van der Waals surface area contributed by atoms with Gasteiger partial charge >= 0.3 is 5.97 Å². The van der Waals surface area contributed by atoms with Crippen LogP contribution in [-0.4, -0.2) is 29.5 Å². The topological polar surface area (TPSA) is 46.5 Å². The molecule has 0 aromatic rings. The van der Waals surface area contributed by atoms with Crippen LogP contribution in [0.4, 0.5) is 4.39 Å². The molecular formula is C18H29FO3. The van der Waals surface area contributed by atoms with Crippen molar-refractivity contribution in [3.8, 4) is 0 Å². The fraction of sp³-hybridized carbons (Fsp3) is 0.944. The predicted octanol–water partition coefficient (Wildman–Crippen LogP) is 3.63. The van der Waals surface area contributed by atoms with Crippen LogP contribution in [0.25, 0.3) is 0 Å². The van der Waals surface area contributed by atoms with Gasteiger partial charge in [0.25, 0.3) is 0 Å². The van der Waals surface area contributed by atoms with Gasteiger partial charge in [-0.15, -0.1) is 0 Å². The standard InChI is InChI=1S/C18H29FO3/c1-11-2-3-12-8-13(19)4-6-17(12)16(11)7-5-15-9-14(20)10-18(21)22-15/h11-17,20H,2-10H2,1H3. The maximum absolute atomic E-state index is 13.7. The third-order valence-electron chi connectivity index (χ3n) is 6.31. The summed E-state index contributed by atoms with van der Waals surface area (Å²) in [5, 5.41) is 9.71.